The predicted octanol–water partition coefficient (Wildman–Crippen LogP) is 2.47. The van der Waals surface area contributed by atoms with E-state index in [1.54, 1.807) is 13.0 Å². The average molecular weight is 283 g/mol. The molecule has 5 heteroatoms. The van der Waals surface area contributed by atoms with Crippen LogP contribution in [-0.2, 0) is 6.54 Å². The summed E-state index contributed by atoms with van der Waals surface area (Å²) in [6, 6.07) is 4.88. The first kappa shape index (κ1) is 12.7. The van der Waals surface area contributed by atoms with Gasteiger partial charge < -0.3 is 5.32 Å². The number of non-ortho nitro benzene ring substituents is 1. The Labute approximate surface area is 102 Å². The van der Waals surface area contributed by atoms with Gasteiger partial charge in [0, 0.05) is 23.2 Å². The molecule has 0 atom stereocenters. The zero-order valence-corrected chi connectivity index (χ0v) is 10.4. The van der Waals surface area contributed by atoms with Gasteiger partial charge in [0.25, 0.3) is 5.69 Å². The van der Waals surface area contributed by atoms with Crippen molar-refractivity contribution in [2.45, 2.75) is 13.5 Å². The summed E-state index contributed by atoms with van der Waals surface area (Å²) in [6.07, 6.45) is 0. The quantitative estimate of drug-likeness (QED) is 0.400. The zero-order chi connectivity index (χ0) is 12.0. The van der Waals surface area contributed by atoms with Gasteiger partial charge in [-0.05, 0) is 18.6 Å². The molecule has 0 aliphatic heterocycles. The summed E-state index contributed by atoms with van der Waals surface area (Å²) in [5.74, 6) is 5.63. The molecule has 1 N–H and O–H groups in total. The molecule has 1 aromatic carbocycles. The number of rotatable bonds is 4. The van der Waals surface area contributed by atoms with Crippen molar-refractivity contribution in [1.29, 1.82) is 0 Å². The Hall–Kier alpha value is -1.38. The number of nitro groups is 1. The van der Waals surface area contributed by atoms with E-state index in [0.717, 1.165) is 5.56 Å². The fraction of sp³-hybridized carbons (Fsp3) is 0.273. The average Bonchev–Trinajstić information content (AvgIpc) is 2.23. The summed E-state index contributed by atoms with van der Waals surface area (Å²) in [4.78, 5) is 10.2. The Balaban J connectivity index is 2.71. The van der Waals surface area contributed by atoms with Crippen molar-refractivity contribution in [2.24, 2.45) is 0 Å². The SMILES string of the molecule is CC#CCNCc1cc(Br)cc([N+](=O)[O-])c1. The molecule has 0 aliphatic rings. The minimum Gasteiger partial charge on any atom is -0.302 e. The second kappa shape index (κ2) is 6.26. The van der Waals surface area contributed by atoms with Crippen LogP contribution in [0, 0.1) is 22.0 Å². The third-order valence-electron chi connectivity index (χ3n) is 1.87. The lowest BCUT2D eigenvalue weighted by molar-refractivity contribution is -0.385. The number of hydrogen-bond donors (Lipinski definition) is 1. The lowest BCUT2D eigenvalue weighted by Gasteiger charge is -2.02. The van der Waals surface area contributed by atoms with E-state index in [9.17, 15) is 10.1 Å². The number of nitro benzene ring substituents is 1. The molecule has 16 heavy (non-hydrogen) atoms. The van der Waals surface area contributed by atoms with E-state index in [2.05, 4.69) is 33.1 Å². The molecule has 0 radical (unpaired) electrons. The fourth-order valence-corrected chi connectivity index (χ4v) is 1.73. The van der Waals surface area contributed by atoms with Gasteiger partial charge in [-0.25, -0.2) is 0 Å². The molecule has 0 aromatic heterocycles. The van der Waals surface area contributed by atoms with Crippen LogP contribution in [0.2, 0.25) is 0 Å². The molecule has 0 saturated carbocycles. The molecule has 0 fully saturated rings. The van der Waals surface area contributed by atoms with Crippen molar-refractivity contribution in [3.8, 4) is 11.8 Å². The Morgan fingerprint density at radius 2 is 2.25 bits per heavy atom. The Morgan fingerprint density at radius 3 is 2.88 bits per heavy atom. The van der Waals surface area contributed by atoms with E-state index in [-0.39, 0.29) is 5.69 Å². The normalized spacial score (nSPS) is 9.38. The monoisotopic (exact) mass is 282 g/mol. The van der Waals surface area contributed by atoms with Crippen LogP contribution in [0.25, 0.3) is 0 Å². The summed E-state index contributed by atoms with van der Waals surface area (Å²) in [5, 5.41) is 13.7. The maximum absolute atomic E-state index is 10.6. The maximum Gasteiger partial charge on any atom is 0.270 e. The van der Waals surface area contributed by atoms with Crippen molar-refractivity contribution >= 4 is 21.6 Å². The summed E-state index contributed by atoms with van der Waals surface area (Å²) in [5.41, 5.74) is 0.951. The second-order valence-electron chi connectivity index (χ2n) is 3.11. The molecule has 1 rings (SSSR count). The molecule has 0 saturated heterocycles. The summed E-state index contributed by atoms with van der Waals surface area (Å²) in [7, 11) is 0. The minimum atomic E-state index is -0.403. The molecule has 84 valence electrons. The van der Waals surface area contributed by atoms with Gasteiger partial charge in [0.15, 0.2) is 0 Å². The molecule has 0 heterocycles. The van der Waals surface area contributed by atoms with E-state index in [4.69, 9.17) is 0 Å². The van der Waals surface area contributed by atoms with Crippen molar-refractivity contribution in [3.05, 3.63) is 38.3 Å². The van der Waals surface area contributed by atoms with Gasteiger partial charge in [0.2, 0.25) is 0 Å². The van der Waals surface area contributed by atoms with Crippen LogP contribution < -0.4 is 5.32 Å². The molecule has 0 unspecified atom stereocenters. The molecule has 0 spiro atoms. The van der Waals surface area contributed by atoms with Crippen LogP contribution >= 0.6 is 15.9 Å². The van der Waals surface area contributed by atoms with Crippen molar-refractivity contribution in [2.75, 3.05) is 6.54 Å². The summed E-state index contributed by atoms with van der Waals surface area (Å²) in [6.45, 7) is 2.91. The molecular formula is C11H11BrN2O2. The smallest absolute Gasteiger partial charge is 0.270 e. The highest BCUT2D eigenvalue weighted by Gasteiger charge is 2.07. The first-order valence-corrected chi connectivity index (χ1v) is 5.47. The van der Waals surface area contributed by atoms with Gasteiger partial charge in [-0.15, -0.1) is 5.92 Å². The van der Waals surface area contributed by atoms with Crippen LogP contribution in [0.15, 0.2) is 22.7 Å². The van der Waals surface area contributed by atoms with Crippen LogP contribution in [-0.4, -0.2) is 11.5 Å². The topological polar surface area (TPSA) is 55.2 Å². The number of halogens is 1. The lowest BCUT2D eigenvalue weighted by Crippen LogP contribution is -2.13. The number of hydrogen-bond acceptors (Lipinski definition) is 3. The van der Waals surface area contributed by atoms with Crippen LogP contribution in [0.3, 0.4) is 0 Å². The van der Waals surface area contributed by atoms with Gasteiger partial charge in [0.1, 0.15) is 0 Å². The third kappa shape index (κ3) is 4.01. The molecule has 0 bridgehead atoms. The Morgan fingerprint density at radius 1 is 1.50 bits per heavy atom. The maximum atomic E-state index is 10.6. The second-order valence-corrected chi connectivity index (χ2v) is 4.02. The van der Waals surface area contributed by atoms with E-state index >= 15 is 0 Å². The number of nitrogens with zero attached hydrogens (tertiary/aromatic N) is 1. The minimum absolute atomic E-state index is 0.0905. The highest BCUT2D eigenvalue weighted by atomic mass is 79.9. The van der Waals surface area contributed by atoms with Gasteiger partial charge in [0.05, 0.1) is 11.5 Å². The third-order valence-corrected chi connectivity index (χ3v) is 2.33. The Bertz CT molecular complexity index is 449. The molecule has 0 aliphatic carbocycles. The molecular weight excluding hydrogens is 272 g/mol. The highest BCUT2D eigenvalue weighted by Crippen LogP contribution is 2.21. The lowest BCUT2D eigenvalue weighted by atomic mass is 10.2. The van der Waals surface area contributed by atoms with Gasteiger partial charge >= 0.3 is 0 Å². The van der Waals surface area contributed by atoms with E-state index in [1.807, 2.05) is 6.07 Å². The summed E-state index contributed by atoms with van der Waals surface area (Å²) < 4.78 is 0.708. The fourth-order valence-electron chi connectivity index (χ4n) is 1.20. The van der Waals surface area contributed by atoms with E-state index in [0.29, 0.717) is 17.6 Å². The largest absolute Gasteiger partial charge is 0.302 e. The van der Waals surface area contributed by atoms with Crippen LogP contribution in [0.5, 0.6) is 0 Å². The van der Waals surface area contributed by atoms with Crippen molar-refractivity contribution < 1.29 is 4.92 Å². The number of nitrogens with one attached hydrogen (secondary N) is 1. The zero-order valence-electron chi connectivity index (χ0n) is 8.79. The van der Waals surface area contributed by atoms with Gasteiger partial charge in [-0.3, -0.25) is 10.1 Å². The predicted molar refractivity (Wildman–Crippen MR) is 66.0 cm³/mol. The van der Waals surface area contributed by atoms with E-state index in [1.165, 1.54) is 6.07 Å². The first-order chi connectivity index (χ1) is 7.63. The number of benzene rings is 1. The molecule has 0 amide bonds. The standard InChI is InChI=1S/C11H11BrN2O2/c1-2-3-4-13-8-9-5-10(12)7-11(6-9)14(15)16/h5-7,13H,4,8H2,1H3. The van der Waals surface area contributed by atoms with Crippen molar-refractivity contribution in [3.63, 3.8) is 0 Å². The van der Waals surface area contributed by atoms with Crippen LogP contribution in [0.1, 0.15) is 12.5 Å². The molecule has 1 aromatic rings. The van der Waals surface area contributed by atoms with E-state index < -0.39 is 4.92 Å². The van der Waals surface area contributed by atoms with Crippen LogP contribution in [0.4, 0.5) is 5.69 Å². The van der Waals surface area contributed by atoms with Gasteiger partial charge in [-0.1, -0.05) is 21.9 Å². The first-order valence-electron chi connectivity index (χ1n) is 4.67. The highest BCUT2D eigenvalue weighted by molar-refractivity contribution is 9.10. The molecule has 4 nitrogen and oxygen atoms in total. The Kier molecular flexibility index (Phi) is 4.96. The summed E-state index contributed by atoms with van der Waals surface area (Å²) >= 11 is 3.24. The van der Waals surface area contributed by atoms with Crippen molar-refractivity contribution in [1.82, 2.24) is 5.32 Å². The van der Waals surface area contributed by atoms with Gasteiger partial charge in [-0.2, -0.15) is 0 Å².